The first kappa shape index (κ1) is 13.3. The number of primary amides is 1. The molecular weight excluding hydrogens is 226 g/mol. The molecule has 0 spiro atoms. The van der Waals surface area contributed by atoms with Crippen LogP contribution in [0.3, 0.4) is 0 Å². The second-order valence-electron chi connectivity index (χ2n) is 3.95. The number of hydrogen-bond acceptors (Lipinski definition) is 3. The molecule has 3 N–H and O–H groups in total. The predicted octanol–water partition coefficient (Wildman–Crippen LogP) is -0.537. The summed E-state index contributed by atoms with van der Waals surface area (Å²) in [7, 11) is 0. The Morgan fingerprint density at radius 2 is 2.12 bits per heavy atom. The number of amides is 3. The van der Waals surface area contributed by atoms with E-state index in [1.165, 1.54) is 9.80 Å². The number of rotatable bonds is 4. The summed E-state index contributed by atoms with van der Waals surface area (Å²) in [5.41, 5.74) is 5.03. The molecule has 0 aromatic carbocycles. The van der Waals surface area contributed by atoms with Crippen LogP contribution >= 0.6 is 0 Å². The molecule has 1 atom stereocenters. The van der Waals surface area contributed by atoms with Gasteiger partial charge in [-0.2, -0.15) is 0 Å². The fraction of sp³-hybridized carbons (Fsp3) is 0.700. The molecule has 3 amide bonds. The normalized spacial score (nSPS) is 19.1. The molecule has 17 heavy (non-hydrogen) atoms. The Hall–Kier alpha value is -1.79. The van der Waals surface area contributed by atoms with E-state index in [1.807, 2.05) is 0 Å². The van der Waals surface area contributed by atoms with Gasteiger partial charge in [0.1, 0.15) is 12.6 Å². The fourth-order valence-corrected chi connectivity index (χ4v) is 1.94. The number of carboxylic acid groups (broad SMARTS) is 1. The molecule has 1 aliphatic rings. The topological polar surface area (TPSA) is 104 Å². The van der Waals surface area contributed by atoms with Crippen molar-refractivity contribution in [1.29, 1.82) is 0 Å². The molecule has 1 aliphatic heterocycles. The summed E-state index contributed by atoms with van der Waals surface area (Å²) in [5, 5.41) is 8.96. The summed E-state index contributed by atoms with van der Waals surface area (Å²) < 4.78 is 0. The van der Waals surface area contributed by atoms with Gasteiger partial charge in [-0.3, -0.25) is 4.79 Å². The van der Waals surface area contributed by atoms with Crippen molar-refractivity contribution in [1.82, 2.24) is 9.80 Å². The first-order valence-corrected chi connectivity index (χ1v) is 5.54. The zero-order valence-corrected chi connectivity index (χ0v) is 9.76. The van der Waals surface area contributed by atoms with Crippen LogP contribution in [-0.2, 0) is 9.59 Å². The second kappa shape index (κ2) is 5.51. The zero-order chi connectivity index (χ0) is 13.0. The van der Waals surface area contributed by atoms with Gasteiger partial charge in [-0.15, -0.1) is 0 Å². The minimum absolute atomic E-state index is 0.182. The van der Waals surface area contributed by atoms with Crippen molar-refractivity contribution in [2.75, 3.05) is 19.6 Å². The Kier molecular flexibility index (Phi) is 4.30. The van der Waals surface area contributed by atoms with E-state index >= 15 is 0 Å². The van der Waals surface area contributed by atoms with Crippen LogP contribution in [0.1, 0.15) is 19.8 Å². The minimum Gasteiger partial charge on any atom is -0.480 e. The van der Waals surface area contributed by atoms with Gasteiger partial charge in [-0.05, 0) is 19.8 Å². The van der Waals surface area contributed by atoms with Crippen LogP contribution in [0.25, 0.3) is 0 Å². The van der Waals surface area contributed by atoms with E-state index in [0.717, 1.165) is 0 Å². The third-order valence-electron chi connectivity index (χ3n) is 2.78. The molecule has 1 unspecified atom stereocenters. The van der Waals surface area contributed by atoms with Gasteiger partial charge in [0, 0.05) is 13.1 Å². The van der Waals surface area contributed by atoms with Crippen LogP contribution in [-0.4, -0.2) is 58.5 Å². The summed E-state index contributed by atoms with van der Waals surface area (Å²) in [4.78, 5) is 36.3. The highest BCUT2D eigenvalue weighted by molar-refractivity contribution is 5.86. The number of likely N-dealkylation sites (N-methyl/N-ethyl adjacent to an activating group) is 1. The average molecular weight is 243 g/mol. The van der Waals surface area contributed by atoms with Crippen molar-refractivity contribution in [2.24, 2.45) is 5.73 Å². The van der Waals surface area contributed by atoms with Crippen LogP contribution < -0.4 is 5.73 Å². The molecular formula is C10H17N3O4. The van der Waals surface area contributed by atoms with Crippen molar-refractivity contribution >= 4 is 17.9 Å². The van der Waals surface area contributed by atoms with Gasteiger partial charge in [0.2, 0.25) is 5.91 Å². The number of carboxylic acids is 1. The molecule has 1 fully saturated rings. The Morgan fingerprint density at radius 1 is 1.47 bits per heavy atom. The third kappa shape index (κ3) is 3.08. The quantitative estimate of drug-likeness (QED) is 0.692. The van der Waals surface area contributed by atoms with Crippen molar-refractivity contribution in [2.45, 2.75) is 25.8 Å². The van der Waals surface area contributed by atoms with Crippen LogP contribution in [0.15, 0.2) is 0 Å². The number of nitrogens with zero attached hydrogens (tertiary/aromatic N) is 2. The maximum absolute atomic E-state index is 12.0. The average Bonchev–Trinajstić information content (AvgIpc) is 2.73. The van der Waals surface area contributed by atoms with Gasteiger partial charge >= 0.3 is 12.0 Å². The summed E-state index contributed by atoms with van der Waals surface area (Å²) in [6.07, 6.45) is 1.12. The molecule has 7 heteroatoms. The lowest BCUT2D eigenvalue weighted by molar-refractivity contribution is -0.141. The van der Waals surface area contributed by atoms with Crippen molar-refractivity contribution in [3.63, 3.8) is 0 Å². The number of hydrogen-bond donors (Lipinski definition) is 2. The molecule has 0 radical (unpaired) electrons. The van der Waals surface area contributed by atoms with Crippen LogP contribution in [0.5, 0.6) is 0 Å². The lowest BCUT2D eigenvalue weighted by Crippen LogP contribution is -2.50. The van der Waals surface area contributed by atoms with E-state index in [-0.39, 0.29) is 6.54 Å². The SMILES string of the molecule is CCN(CC(N)=O)C(=O)N1CCCC1C(=O)O. The number of nitrogens with two attached hydrogens (primary N) is 1. The van der Waals surface area contributed by atoms with Crippen molar-refractivity contribution < 1.29 is 19.5 Å². The number of carbonyl (C=O) groups is 3. The highest BCUT2D eigenvalue weighted by Crippen LogP contribution is 2.19. The summed E-state index contributed by atoms with van der Waals surface area (Å²) in [6.45, 7) is 2.26. The van der Waals surface area contributed by atoms with Gasteiger partial charge in [0.15, 0.2) is 0 Å². The fourth-order valence-electron chi connectivity index (χ4n) is 1.94. The molecule has 0 aromatic heterocycles. The van der Waals surface area contributed by atoms with E-state index in [9.17, 15) is 14.4 Å². The van der Waals surface area contributed by atoms with Gasteiger partial charge in [0.25, 0.3) is 0 Å². The van der Waals surface area contributed by atoms with Gasteiger partial charge in [0.05, 0.1) is 0 Å². The lowest BCUT2D eigenvalue weighted by Gasteiger charge is -2.28. The molecule has 0 aromatic rings. The molecule has 7 nitrogen and oxygen atoms in total. The largest absolute Gasteiger partial charge is 0.480 e. The highest BCUT2D eigenvalue weighted by Gasteiger charge is 2.36. The standard InChI is InChI=1S/C10H17N3O4/c1-2-12(6-8(11)14)10(17)13-5-3-4-7(13)9(15)16/h7H,2-6H2,1H3,(H2,11,14)(H,15,16). The highest BCUT2D eigenvalue weighted by atomic mass is 16.4. The van der Waals surface area contributed by atoms with E-state index in [4.69, 9.17) is 10.8 Å². The number of likely N-dealkylation sites (tertiary alicyclic amines) is 1. The van der Waals surface area contributed by atoms with Gasteiger partial charge in [-0.25, -0.2) is 9.59 Å². The number of aliphatic carboxylic acids is 1. The summed E-state index contributed by atoms with van der Waals surface area (Å²) in [6, 6.07) is -1.22. The van der Waals surface area contributed by atoms with Gasteiger partial charge < -0.3 is 20.6 Å². The molecule has 1 heterocycles. The smallest absolute Gasteiger partial charge is 0.326 e. The molecule has 1 saturated heterocycles. The first-order valence-electron chi connectivity index (χ1n) is 5.54. The van der Waals surface area contributed by atoms with Crippen LogP contribution in [0.2, 0.25) is 0 Å². The van der Waals surface area contributed by atoms with Crippen LogP contribution in [0.4, 0.5) is 4.79 Å². The molecule has 0 aliphatic carbocycles. The monoisotopic (exact) mass is 243 g/mol. The Bertz CT molecular complexity index is 332. The zero-order valence-electron chi connectivity index (χ0n) is 9.76. The number of urea groups is 1. The Morgan fingerprint density at radius 3 is 2.59 bits per heavy atom. The van der Waals surface area contributed by atoms with Crippen molar-refractivity contribution in [3.8, 4) is 0 Å². The molecule has 96 valence electrons. The van der Waals surface area contributed by atoms with E-state index in [2.05, 4.69) is 0 Å². The van der Waals surface area contributed by atoms with E-state index in [1.54, 1.807) is 6.92 Å². The third-order valence-corrected chi connectivity index (χ3v) is 2.78. The van der Waals surface area contributed by atoms with Crippen LogP contribution in [0, 0.1) is 0 Å². The predicted molar refractivity (Wildman–Crippen MR) is 59.2 cm³/mol. The molecule has 0 bridgehead atoms. The Balaban J connectivity index is 2.73. The minimum atomic E-state index is -1.01. The lowest BCUT2D eigenvalue weighted by atomic mass is 10.2. The molecule has 0 saturated carbocycles. The maximum atomic E-state index is 12.0. The summed E-state index contributed by atoms with van der Waals surface area (Å²) >= 11 is 0. The second-order valence-corrected chi connectivity index (χ2v) is 3.95. The number of carbonyl (C=O) groups excluding carboxylic acids is 2. The van der Waals surface area contributed by atoms with E-state index in [0.29, 0.717) is 25.9 Å². The van der Waals surface area contributed by atoms with E-state index < -0.39 is 23.9 Å². The van der Waals surface area contributed by atoms with Crippen molar-refractivity contribution in [3.05, 3.63) is 0 Å². The first-order chi connectivity index (χ1) is 7.97. The Labute approximate surface area is 99.2 Å². The maximum Gasteiger partial charge on any atom is 0.326 e. The van der Waals surface area contributed by atoms with Gasteiger partial charge in [-0.1, -0.05) is 0 Å². The molecule has 1 rings (SSSR count). The summed E-state index contributed by atoms with van der Waals surface area (Å²) in [5.74, 6) is -1.61.